The molecule has 156 valence electrons. The lowest BCUT2D eigenvalue weighted by Gasteiger charge is -2.12. The third-order valence-electron chi connectivity index (χ3n) is 5.07. The van der Waals surface area contributed by atoms with Crippen LogP contribution in [0.2, 0.25) is 0 Å². The van der Waals surface area contributed by atoms with Gasteiger partial charge in [0, 0.05) is 23.3 Å². The molecule has 5 rings (SSSR count). The summed E-state index contributed by atoms with van der Waals surface area (Å²) in [6.45, 7) is 0. The minimum absolute atomic E-state index is 0.560. The van der Waals surface area contributed by atoms with Gasteiger partial charge in [0.2, 0.25) is 0 Å². The van der Waals surface area contributed by atoms with Crippen molar-refractivity contribution >= 4 is 40.0 Å². The van der Waals surface area contributed by atoms with E-state index in [-0.39, 0.29) is 0 Å². The average Bonchev–Trinajstić information content (AvgIpc) is 3.31. The van der Waals surface area contributed by atoms with E-state index in [4.69, 9.17) is 14.7 Å². The lowest BCUT2D eigenvalue weighted by Crippen LogP contribution is -2.00. The molecule has 7 heteroatoms. The van der Waals surface area contributed by atoms with Gasteiger partial charge in [-0.05, 0) is 59.0 Å². The van der Waals surface area contributed by atoms with Crippen molar-refractivity contribution in [1.29, 1.82) is 0 Å². The first-order chi connectivity index (χ1) is 15.7. The van der Waals surface area contributed by atoms with Gasteiger partial charge in [0.25, 0.3) is 0 Å². The van der Waals surface area contributed by atoms with Gasteiger partial charge in [0.1, 0.15) is 11.6 Å². The third-order valence-corrected chi connectivity index (χ3v) is 5.92. The lowest BCUT2D eigenvalue weighted by atomic mass is 10.0. The standard InChI is InChI=1S/C25H18N4O2S/c1-31-19-6-2-4-16(12-19)17-7-8-21-20(13-17)25(28-22-9-11-32-23(22)15-30)29-24(27-21)18-5-3-10-26-14-18/h2-15H,1H3,(H,27,28,29). The van der Waals surface area contributed by atoms with Crippen molar-refractivity contribution in [1.82, 2.24) is 15.0 Å². The summed E-state index contributed by atoms with van der Waals surface area (Å²) in [5.74, 6) is 1.98. The van der Waals surface area contributed by atoms with Gasteiger partial charge < -0.3 is 10.1 Å². The van der Waals surface area contributed by atoms with Gasteiger partial charge in [-0.2, -0.15) is 0 Å². The van der Waals surface area contributed by atoms with E-state index in [1.54, 1.807) is 19.5 Å². The van der Waals surface area contributed by atoms with Crippen LogP contribution < -0.4 is 10.1 Å². The van der Waals surface area contributed by atoms with Crippen LogP contribution in [-0.2, 0) is 0 Å². The van der Waals surface area contributed by atoms with E-state index in [1.165, 1.54) is 11.3 Å². The Morgan fingerprint density at radius 3 is 2.66 bits per heavy atom. The first-order valence-corrected chi connectivity index (χ1v) is 10.8. The van der Waals surface area contributed by atoms with Crippen LogP contribution in [-0.4, -0.2) is 28.3 Å². The van der Waals surface area contributed by atoms with E-state index >= 15 is 0 Å². The number of nitrogens with zero attached hydrogens (tertiary/aromatic N) is 3. The number of rotatable bonds is 6. The van der Waals surface area contributed by atoms with Gasteiger partial charge in [-0.25, -0.2) is 9.97 Å². The second kappa shape index (κ2) is 8.56. The summed E-state index contributed by atoms with van der Waals surface area (Å²) >= 11 is 1.38. The van der Waals surface area contributed by atoms with Crippen molar-refractivity contribution in [3.63, 3.8) is 0 Å². The summed E-state index contributed by atoms with van der Waals surface area (Å²) < 4.78 is 5.37. The molecule has 0 aliphatic heterocycles. The van der Waals surface area contributed by atoms with Crippen LogP contribution in [0.1, 0.15) is 9.67 Å². The molecule has 5 aromatic rings. The minimum atomic E-state index is 0.560. The summed E-state index contributed by atoms with van der Waals surface area (Å²) in [5.41, 5.74) is 4.36. The first-order valence-electron chi connectivity index (χ1n) is 9.91. The Kier molecular flexibility index (Phi) is 5.31. The number of hydrogen-bond donors (Lipinski definition) is 1. The average molecular weight is 439 g/mol. The lowest BCUT2D eigenvalue weighted by molar-refractivity contribution is 0.112. The molecular weight excluding hydrogens is 420 g/mol. The topological polar surface area (TPSA) is 77.0 Å². The normalized spacial score (nSPS) is 10.8. The number of fused-ring (bicyclic) bond motifs is 1. The molecule has 0 atom stereocenters. The molecule has 3 heterocycles. The van der Waals surface area contributed by atoms with E-state index in [1.807, 2.05) is 66.0 Å². The fourth-order valence-electron chi connectivity index (χ4n) is 3.47. The molecule has 32 heavy (non-hydrogen) atoms. The SMILES string of the molecule is COc1cccc(-c2ccc3nc(-c4cccnc4)nc(Nc4ccsc4C=O)c3c2)c1. The highest BCUT2D eigenvalue weighted by molar-refractivity contribution is 7.12. The Morgan fingerprint density at radius 1 is 0.969 bits per heavy atom. The molecule has 3 aromatic heterocycles. The van der Waals surface area contributed by atoms with E-state index in [0.717, 1.165) is 39.6 Å². The molecule has 0 amide bonds. The summed E-state index contributed by atoms with van der Waals surface area (Å²) in [5, 5.41) is 6.06. The quantitative estimate of drug-likeness (QED) is 0.328. The van der Waals surface area contributed by atoms with Gasteiger partial charge in [0.05, 0.1) is 23.2 Å². The number of hydrogen-bond acceptors (Lipinski definition) is 7. The fourth-order valence-corrected chi connectivity index (χ4v) is 4.13. The molecule has 0 aliphatic carbocycles. The van der Waals surface area contributed by atoms with Crippen LogP contribution in [0.5, 0.6) is 5.75 Å². The number of anilines is 2. The zero-order valence-electron chi connectivity index (χ0n) is 17.1. The van der Waals surface area contributed by atoms with Gasteiger partial charge in [-0.15, -0.1) is 11.3 Å². The minimum Gasteiger partial charge on any atom is -0.497 e. The molecule has 0 spiro atoms. The largest absolute Gasteiger partial charge is 0.497 e. The van der Waals surface area contributed by atoms with Crippen LogP contribution >= 0.6 is 11.3 Å². The van der Waals surface area contributed by atoms with Gasteiger partial charge >= 0.3 is 0 Å². The van der Waals surface area contributed by atoms with Gasteiger partial charge in [-0.1, -0.05) is 18.2 Å². The summed E-state index contributed by atoms with van der Waals surface area (Å²) in [6, 6.07) is 19.6. The number of carbonyl (C=O) groups is 1. The van der Waals surface area contributed by atoms with E-state index in [9.17, 15) is 4.79 Å². The van der Waals surface area contributed by atoms with Crippen molar-refractivity contribution in [3.05, 3.63) is 83.3 Å². The molecule has 2 aromatic carbocycles. The molecule has 0 aliphatic rings. The van der Waals surface area contributed by atoms with Gasteiger partial charge in [0.15, 0.2) is 12.1 Å². The van der Waals surface area contributed by atoms with Crippen molar-refractivity contribution in [2.75, 3.05) is 12.4 Å². The molecule has 0 saturated heterocycles. The predicted octanol–water partition coefficient (Wildman–Crippen LogP) is 5.99. The molecule has 0 fully saturated rings. The fraction of sp³-hybridized carbons (Fsp3) is 0.0400. The number of benzene rings is 2. The van der Waals surface area contributed by atoms with Crippen LogP contribution in [0.3, 0.4) is 0 Å². The van der Waals surface area contributed by atoms with Crippen molar-refractivity contribution in [2.45, 2.75) is 0 Å². The number of nitrogens with one attached hydrogen (secondary N) is 1. The van der Waals surface area contributed by atoms with Crippen molar-refractivity contribution < 1.29 is 9.53 Å². The predicted molar refractivity (Wildman–Crippen MR) is 128 cm³/mol. The van der Waals surface area contributed by atoms with Crippen LogP contribution in [0.25, 0.3) is 33.4 Å². The second-order valence-corrected chi connectivity index (χ2v) is 7.99. The summed E-state index contributed by atoms with van der Waals surface area (Å²) in [7, 11) is 1.65. The zero-order valence-corrected chi connectivity index (χ0v) is 18.0. The number of ether oxygens (including phenoxy) is 1. The zero-order chi connectivity index (χ0) is 21.9. The Balaban J connectivity index is 1.69. The maximum Gasteiger partial charge on any atom is 0.163 e. The highest BCUT2D eigenvalue weighted by Gasteiger charge is 2.13. The highest BCUT2D eigenvalue weighted by atomic mass is 32.1. The maximum atomic E-state index is 11.4. The van der Waals surface area contributed by atoms with Gasteiger partial charge in [-0.3, -0.25) is 9.78 Å². The van der Waals surface area contributed by atoms with Crippen LogP contribution in [0, 0.1) is 0 Å². The third kappa shape index (κ3) is 3.81. The molecule has 1 N–H and O–H groups in total. The van der Waals surface area contributed by atoms with Crippen LogP contribution in [0.15, 0.2) is 78.4 Å². The molecule has 6 nitrogen and oxygen atoms in total. The monoisotopic (exact) mass is 438 g/mol. The van der Waals surface area contributed by atoms with Crippen LogP contribution in [0.4, 0.5) is 11.5 Å². The number of pyridine rings is 1. The molecule has 0 bridgehead atoms. The first kappa shape index (κ1) is 19.8. The number of carbonyl (C=O) groups excluding carboxylic acids is 1. The summed E-state index contributed by atoms with van der Waals surface area (Å²) in [4.78, 5) is 25.8. The number of aromatic nitrogens is 3. The Bertz CT molecular complexity index is 1420. The second-order valence-electron chi connectivity index (χ2n) is 7.04. The van der Waals surface area contributed by atoms with Crippen molar-refractivity contribution in [3.8, 4) is 28.3 Å². The van der Waals surface area contributed by atoms with E-state index in [0.29, 0.717) is 22.2 Å². The molecular formula is C25H18N4O2S. The number of methoxy groups -OCH3 is 1. The Morgan fingerprint density at radius 2 is 1.84 bits per heavy atom. The Hall–Kier alpha value is -4.10. The molecule has 0 unspecified atom stereocenters. The molecule has 0 saturated carbocycles. The maximum absolute atomic E-state index is 11.4. The number of aldehydes is 1. The van der Waals surface area contributed by atoms with Crippen molar-refractivity contribution in [2.24, 2.45) is 0 Å². The Labute approximate surface area is 188 Å². The molecule has 0 radical (unpaired) electrons. The summed E-state index contributed by atoms with van der Waals surface area (Å²) in [6.07, 6.45) is 4.29. The van der Waals surface area contributed by atoms with E-state index in [2.05, 4.69) is 10.3 Å². The highest BCUT2D eigenvalue weighted by Crippen LogP contribution is 2.33. The number of thiophene rings is 1. The smallest absolute Gasteiger partial charge is 0.163 e. The van der Waals surface area contributed by atoms with E-state index < -0.39 is 0 Å².